The minimum atomic E-state index is -0.886. The highest BCUT2D eigenvalue weighted by Crippen LogP contribution is 2.24. The van der Waals surface area contributed by atoms with E-state index in [9.17, 15) is 9.59 Å². The Morgan fingerprint density at radius 2 is 2.00 bits per heavy atom. The number of nitrogens with one attached hydrogen (secondary N) is 1. The predicted octanol–water partition coefficient (Wildman–Crippen LogP) is 3.23. The maximum Gasteiger partial charge on any atom is 0.309 e. The monoisotopic (exact) mass is 384 g/mol. The van der Waals surface area contributed by atoms with Crippen molar-refractivity contribution in [3.05, 3.63) is 53.8 Å². The number of aliphatic carboxylic acids is 1. The van der Waals surface area contributed by atoms with Gasteiger partial charge in [-0.15, -0.1) is 11.3 Å². The summed E-state index contributed by atoms with van der Waals surface area (Å²) in [5, 5.41) is 18.6. The Morgan fingerprint density at radius 1 is 1.26 bits per heavy atom. The van der Waals surface area contributed by atoms with Crippen LogP contribution in [0.5, 0.6) is 0 Å². The third-order valence-corrected chi connectivity index (χ3v) is 5.09. The van der Waals surface area contributed by atoms with Crippen molar-refractivity contribution in [2.45, 2.75) is 20.3 Å². The zero-order valence-corrected chi connectivity index (χ0v) is 15.9. The zero-order chi connectivity index (χ0) is 19.4. The van der Waals surface area contributed by atoms with E-state index in [1.807, 2.05) is 36.5 Å². The Bertz CT molecular complexity index is 947. The van der Waals surface area contributed by atoms with Gasteiger partial charge in [0.15, 0.2) is 0 Å². The van der Waals surface area contributed by atoms with Crippen molar-refractivity contribution in [3.63, 3.8) is 0 Å². The van der Waals surface area contributed by atoms with E-state index >= 15 is 0 Å². The number of carboxylic acid groups (broad SMARTS) is 1. The number of carbonyl (C=O) groups excluding carboxylic acids is 1. The molecule has 0 spiro atoms. The second-order valence-electron chi connectivity index (χ2n) is 6.74. The first-order chi connectivity index (χ1) is 12.9. The van der Waals surface area contributed by atoms with Gasteiger partial charge in [0.2, 0.25) is 0 Å². The van der Waals surface area contributed by atoms with Crippen molar-refractivity contribution >= 4 is 23.2 Å². The number of thiazole rings is 1. The van der Waals surface area contributed by atoms with Gasteiger partial charge in [0.25, 0.3) is 5.91 Å². The van der Waals surface area contributed by atoms with Gasteiger partial charge in [0.1, 0.15) is 10.7 Å². The van der Waals surface area contributed by atoms with Gasteiger partial charge in [0.05, 0.1) is 17.3 Å². The highest BCUT2D eigenvalue weighted by molar-refractivity contribution is 7.13. The summed E-state index contributed by atoms with van der Waals surface area (Å²) in [5.41, 5.74) is 1.21. The predicted molar refractivity (Wildman–Crippen MR) is 103 cm³/mol. The van der Waals surface area contributed by atoms with Crippen LogP contribution in [0.3, 0.4) is 0 Å². The molecule has 140 valence electrons. The van der Waals surface area contributed by atoms with Crippen LogP contribution in [0.25, 0.3) is 16.3 Å². The molecule has 1 amide bonds. The molecule has 0 aliphatic carbocycles. The highest BCUT2D eigenvalue weighted by Gasteiger charge is 2.26. The molecule has 7 nitrogen and oxygen atoms in total. The molecule has 8 heteroatoms. The molecule has 0 fully saturated rings. The number of rotatable bonds is 7. The van der Waals surface area contributed by atoms with Crippen LogP contribution in [0, 0.1) is 5.41 Å². The lowest BCUT2D eigenvalue weighted by atomic mass is 9.90. The molecule has 0 atom stereocenters. The number of carbonyl (C=O) groups is 2. The van der Waals surface area contributed by atoms with Gasteiger partial charge in [-0.1, -0.05) is 18.2 Å². The van der Waals surface area contributed by atoms with Crippen molar-refractivity contribution in [2.75, 3.05) is 6.54 Å². The third-order valence-electron chi connectivity index (χ3n) is 4.20. The van der Waals surface area contributed by atoms with Gasteiger partial charge in [0, 0.05) is 23.7 Å². The minimum Gasteiger partial charge on any atom is -0.481 e. The van der Waals surface area contributed by atoms with Crippen LogP contribution >= 0.6 is 11.3 Å². The molecule has 1 aromatic carbocycles. The smallest absolute Gasteiger partial charge is 0.309 e. The molecule has 0 unspecified atom stereocenters. The van der Waals surface area contributed by atoms with Crippen molar-refractivity contribution in [1.29, 1.82) is 0 Å². The molecule has 2 N–H and O–H groups in total. The molecule has 3 aromatic rings. The number of benzene rings is 1. The maximum atomic E-state index is 12.2. The summed E-state index contributed by atoms with van der Waals surface area (Å²) in [5.74, 6) is -1.20. The van der Waals surface area contributed by atoms with Gasteiger partial charge >= 0.3 is 5.97 Å². The topological polar surface area (TPSA) is 97.1 Å². The molecule has 0 saturated carbocycles. The number of amides is 1. The van der Waals surface area contributed by atoms with E-state index in [4.69, 9.17) is 5.11 Å². The molecule has 3 rings (SSSR count). The lowest BCUT2D eigenvalue weighted by molar-refractivity contribution is -0.147. The average molecular weight is 384 g/mol. The summed E-state index contributed by atoms with van der Waals surface area (Å²) in [6.45, 7) is 3.54. The first kappa shape index (κ1) is 18.8. The third kappa shape index (κ3) is 4.40. The van der Waals surface area contributed by atoms with Gasteiger partial charge in [-0.05, 0) is 32.4 Å². The second-order valence-corrected chi connectivity index (χ2v) is 7.60. The van der Waals surface area contributed by atoms with Crippen molar-refractivity contribution in [3.8, 4) is 16.3 Å². The number of aromatic nitrogens is 3. The Hall–Kier alpha value is -3.00. The standard InChI is InChI=1S/C19H20N4O3S/c1-19(2,18(25)26)8-9-20-16(24)15-12-27-17(22-15)13-10-21-23(11-13)14-6-4-3-5-7-14/h3-7,10-12H,8-9H2,1-2H3,(H,20,24)(H,25,26). The van der Waals surface area contributed by atoms with E-state index in [1.54, 1.807) is 30.1 Å². The lowest BCUT2D eigenvalue weighted by Crippen LogP contribution is -2.32. The van der Waals surface area contributed by atoms with Crippen LogP contribution in [-0.2, 0) is 4.79 Å². The number of hydrogen-bond donors (Lipinski definition) is 2. The molecule has 2 aromatic heterocycles. The molecular weight excluding hydrogens is 364 g/mol. The summed E-state index contributed by atoms with van der Waals surface area (Å²) in [4.78, 5) is 27.7. The first-order valence-corrected chi connectivity index (χ1v) is 9.32. The molecule has 0 aliphatic rings. The Balaban J connectivity index is 1.64. The van der Waals surface area contributed by atoms with Crippen LogP contribution in [0.4, 0.5) is 0 Å². The molecular formula is C19H20N4O3S. The lowest BCUT2D eigenvalue weighted by Gasteiger charge is -2.18. The Labute approximate surface area is 160 Å². The van der Waals surface area contributed by atoms with Crippen molar-refractivity contribution in [2.24, 2.45) is 5.41 Å². The van der Waals surface area contributed by atoms with Gasteiger partial charge < -0.3 is 10.4 Å². The SMILES string of the molecule is CC(C)(CCNC(=O)c1csc(-c2cnn(-c3ccccc3)c2)n1)C(=O)O. The van der Waals surface area contributed by atoms with Crippen molar-refractivity contribution in [1.82, 2.24) is 20.1 Å². The van der Waals surface area contributed by atoms with Gasteiger partial charge in [-0.3, -0.25) is 9.59 Å². The second kappa shape index (κ2) is 7.71. The minimum absolute atomic E-state index is 0.275. The summed E-state index contributed by atoms with van der Waals surface area (Å²) < 4.78 is 1.75. The van der Waals surface area contributed by atoms with Crippen molar-refractivity contribution < 1.29 is 14.7 Å². The van der Waals surface area contributed by atoms with Crippen LogP contribution in [0.15, 0.2) is 48.1 Å². The van der Waals surface area contributed by atoms with Crippen LogP contribution < -0.4 is 5.32 Å². The normalized spacial score (nSPS) is 11.3. The van der Waals surface area contributed by atoms with E-state index in [2.05, 4.69) is 15.4 Å². The zero-order valence-electron chi connectivity index (χ0n) is 15.0. The largest absolute Gasteiger partial charge is 0.481 e. The summed E-state index contributed by atoms with van der Waals surface area (Å²) in [6, 6.07) is 9.73. The molecule has 0 bridgehead atoms. The first-order valence-electron chi connectivity index (χ1n) is 8.44. The number of nitrogens with zero attached hydrogens (tertiary/aromatic N) is 3. The van der Waals surface area contributed by atoms with E-state index in [-0.39, 0.29) is 12.5 Å². The molecule has 0 saturated heterocycles. The Kier molecular flexibility index (Phi) is 5.36. The maximum absolute atomic E-state index is 12.2. The van der Waals surface area contributed by atoms with E-state index in [0.29, 0.717) is 17.1 Å². The van der Waals surface area contributed by atoms with Crippen LogP contribution in [0.2, 0.25) is 0 Å². The summed E-state index contributed by atoms with van der Waals surface area (Å²) in [7, 11) is 0. The Morgan fingerprint density at radius 3 is 2.70 bits per heavy atom. The van der Waals surface area contributed by atoms with Crippen LogP contribution in [0.1, 0.15) is 30.8 Å². The van der Waals surface area contributed by atoms with E-state index < -0.39 is 11.4 Å². The number of carboxylic acids is 1. The van der Waals surface area contributed by atoms with Crippen LogP contribution in [-0.4, -0.2) is 38.3 Å². The highest BCUT2D eigenvalue weighted by atomic mass is 32.1. The number of para-hydroxylation sites is 1. The molecule has 27 heavy (non-hydrogen) atoms. The van der Waals surface area contributed by atoms with E-state index in [1.165, 1.54) is 11.3 Å². The van der Waals surface area contributed by atoms with Gasteiger partial charge in [-0.25, -0.2) is 9.67 Å². The molecule has 0 radical (unpaired) electrons. The number of hydrogen-bond acceptors (Lipinski definition) is 5. The molecule has 2 heterocycles. The average Bonchev–Trinajstić information content (AvgIpc) is 3.31. The van der Waals surface area contributed by atoms with E-state index in [0.717, 1.165) is 11.3 Å². The van der Waals surface area contributed by atoms with Gasteiger partial charge in [-0.2, -0.15) is 5.10 Å². The molecule has 0 aliphatic heterocycles. The fourth-order valence-electron chi connectivity index (χ4n) is 2.35. The summed E-state index contributed by atoms with van der Waals surface area (Å²) >= 11 is 1.36. The fourth-order valence-corrected chi connectivity index (χ4v) is 3.13. The quantitative estimate of drug-likeness (QED) is 0.652. The summed E-state index contributed by atoms with van der Waals surface area (Å²) in [6.07, 6.45) is 3.92. The fraction of sp³-hybridized carbons (Fsp3) is 0.263.